The number of H-pyrrole nitrogens is 1. The van der Waals surface area contributed by atoms with Gasteiger partial charge in [-0.2, -0.15) is 0 Å². The number of piperidine rings is 1. The van der Waals surface area contributed by atoms with Crippen LogP contribution in [0.2, 0.25) is 0 Å². The third kappa shape index (κ3) is 7.25. The summed E-state index contributed by atoms with van der Waals surface area (Å²) >= 11 is 0. The van der Waals surface area contributed by atoms with E-state index in [0.717, 1.165) is 74.3 Å². The summed E-state index contributed by atoms with van der Waals surface area (Å²) in [6.07, 6.45) is 15.7. The molecule has 8 nitrogen and oxygen atoms in total. The zero-order valence-electron chi connectivity index (χ0n) is 20.4. The summed E-state index contributed by atoms with van der Waals surface area (Å²) < 4.78 is 0. The summed E-state index contributed by atoms with van der Waals surface area (Å²) in [4.78, 5) is 32.6. The second-order valence-corrected chi connectivity index (χ2v) is 8.99. The number of allylic oxidation sites excluding steroid dienone is 5. The highest BCUT2D eigenvalue weighted by atomic mass is 16.2. The number of carbonyl (C=O) groups excluding carboxylic acids is 2. The van der Waals surface area contributed by atoms with Crippen LogP contribution in [-0.4, -0.2) is 47.5 Å². The molecule has 1 saturated heterocycles. The maximum atomic E-state index is 13.0. The second-order valence-electron chi connectivity index (χ2n) is 8.99. The van der Waals surface area contributed by atoms with E-state index in [1.165, 1.54) is 0 Å². The molecule has 2 aliphatic rings. The van der Waals surface area contributed by atoms with Crippen molar-refractivity contribution in [3.8, 4) is 0 Å². The van der Waals surface area contributed by atoms with Gasteiger partial charge in [0.25, 0.3) is 0 Å². The lowest BCUT2D eigenvalue weighted by atomic mass is 9.96. The predicted molar refractivity (Wildman–Crippen MR) is 135 cm³/mol. The van der Waals surface area contributed by atoms with Gasteiger partial charge in [-0.15, -0.1) is 0 Å². The van der Waals surface area contributed by atoms with E-state index < -0.39 is 0 Å². The molecule has 2 heterocycles. The summed E-state index contributed by atoms with van der Waals surface area (Å²) in [5.41, 5.74) is 3.05. The summed E-state index contributed by atoms with van der Waals surface area (Å²) in [6.45, 7) is 3.65. The highest BCUT2D eigenvalue weighted by Crippen LogP contribution is 2.25. The van der Waals surface area contributed by atoms with Crippen molar-refractivity contribution in [2.24, 2.45) is 5.92 Å². The molecule has 0 aromatic carbocycles. The van der Waals surface area contributed by atoms with Crippen molar-refractivity contribution >= 4 is 23.0 Å². The smallest absolute Gasteiger partial charge is 0.223 e. The van der Waals surface area contributed by atoms with E-state index in [0.29, 0.717) is 24.3 Å². The minimum Gasteiger partial charge on any atom is -0.393 e. The number of rotatable bonds is 12. The van der Waals surface area contributed by atoms with Gasteiger partial charge in [0.1, 0.15) is 11.6 Å². The molecule has 0 saturated carbocycles. The number of nitrogens with zero attached hydrogens (tertiary/aromatic N) is 1. The van der Waals surface area contributed by atoms with Gasteiger partial charge in [0.15, 0.2) is 0 Å². The minimum absolute atomic E-state index is 0.0320. The Morgan fingerprint density at radius 3 is 2.76 bits per heavy atom. The van der Waals surface area contributed by atoms with E-state index in [1.807, 2.05) is 26.1 Å². The Kier molecular flexibility index (Phi) is 9.82. The van der Waals surface area contributed by atoms with Crippen molar-refractivity contribution in [2.75, 3.05) is 20.1 Å². The highest BCUT2D eigenvalue weighted by molar-refractivity contribution is 6.12. The number of imidazole rings is 1. The first-order valence-electron chi connectivity index (χ1n) is 12.5. The number of unbranched alkanes of at least 4 members (excludes halogenated alkanes) is 2. The zero-order valence-corrected chi connectivity index (χ0v) is 20.4. The van der Waals surface area contributed by atoms with Crippen LogP contribution in [0.15, 0.2) is 36.2 Å². The summed E-state index contributed by atoms with van der Waals surface area (Å²) in [7, 11) is 1.81. The van der Waals surface area contributed by atoms with E-state index >= 15 is 0 Å². The molecule has 1 aliphatic heterocycles. The summed E-state index contributed by atoms with van der Waals surface area (Å²) in [6, 6.07) is -0.197. The number of hydrogen-bond acceptors (Lipinski definition) is 6. The molecule has 8 heteroatoms. The van der Waals surface area contributed by atoms with E-state index in [9.17, 15) is 9.59 Å². The Bertz CT molecular complexity index is 952. The molecule has 1 aromatic heterocycles. The maximum absolute atomic E-state index is 13.0. The maximum Gasteiger partial charge on any atom is 0.223 e. The van der Waals surface area contributed by atoms with Crippen molar-refractivity contribution in [1.29, 1.82) is 5.41 Å². The molecular formula is C26H38N6O2. The van der Waals surface area contributed by atoms with E-state index in [2.05, 4.69) is 25.9 Å². The molecule has 1 aliphatic carbocycles. The lowest BCUT2D eigenvalue weighted by Gasteiger charge is -2.25. The number of ketones is 1. The van der Waals surface area contributed by atoms with E-state index in [-0.39, 0.29) is 17.9 Å². The zero-order chi connectivity index (χ0) is 24.3. The standard InChI is InChI=1S/C26H38N6O2/c1-3-21(33)7-5-4-6-8-23(32-26(34)18-11-13-29-14-12-18)25-30-17-24(31-25)19-9-10-22(27)20(15-19)16-28-2/h9-10,15-18,23,27-29H,3-8,11-14H2,1-2H3,(H,30,31)(H,32,34)/b20-16-,27-22?/t23-/m0/s1. The molecule has 34 heavy (non-hydrogen) atoms. The van der Waals surface area contributed by atoms with Crippen LogP contribution in [-0.2, 0) is 9.59 Å². The van der Waals surface area contributed by atoms with E-state index in [4.69, 9.17) is 5.41 Å². The Labute approximate surface area is 202 Å². The molecule has 1 fully saturated rings. The number of aromatic nitrogens is 2. The predicted octanol–water partition coefficient (Wildman–Crippen LogP) is 3.57. The van der Waals surface area contributed by atoms with Crippen LogP contribution in [0.1, 0.15) is 75.9 Å². The number of Topliss-reactive ketones (excluding diaryl/α,β-unsaturated/α-hetero) is 1. The summed E-state index contributed by atoms with van der Waals surface area (Å²) in [5, 5.41) is 17.6. The van der Waals surface area contributed by atoms with Gasteiger partial charge >= 0.3 is 0 Å². The monoisotopic (exact) mass is 466 g/mol. The molecule has 3 rings (SSSR count). The third-order valence-corrected chi connectivity index (χ3v) is 6.46. The lowest BCUT2D eigenvalue weighted by Crippen LogP contribution is -2.40. The molecule has 5 N–H and O–H groups in total. The van der Waals surface area contributed by atoms with Crippen LogP contribution in [0.3, 0.4) is 0 Å². The second kappa shape index (κ2) is 13.0. The largest absolute Gasteiger partial charge is 0.393 e. The highest BCUT2D eigenvalue weighted by Gasteiger charge is 2.25. The minimum atomic E-state index is -0.197. The fourth-order valence-corrected chi connectivity index (χ4v) is 4.34. The Morgan fingerprint density at radius 2 is 2.03 bits per heavy atom. The molecule has 1 atom stereocenters. The average molecular weight is 467 g/mol. The van der Waals surface area contributed by atoms with Gasteiger partial charge in [0.05, 0.1) is 23.6 Å². The molecule has 0 radical (unpaired) electrons. The number of amides is 1. The number of hydrogen-bond donors (Lipinski definition) is 5. The fourth-order valence-electron chi connectivity index (χ4n) is 4.34. The molecular weight excluding hydrogens is 428 g/mol. The average Bonchev–Trinajstić information content (AvgIpc) is 3.35. The van der Waals surface area contributed by atoms with Crippen molar-refractivity contribution in [2.45, 2.75) is 64.3 Å². The first-order chi connectivity index (χ1) is 16.5. The van der Waals surface area contributed by atoms with Gasteiger partial charge < -0.3 is 26.3 Å². The Hall–Kier alpha value is -3.00. The molecule has 0 bridgehead atoms. The SMILES string of the molecule is CCC(=O)CCCCC[C@H](NC(=O)C1CCNCC1)c1ncc(C2=C/C(=C/NC)C(=N)C=C2)[nH]1. The third-order valence-electron chi connectivity index (χ3n) is 6.46. The number of carbonyl (C=O) groups is 2. The normalized spacial score (nSPS) is 18.6. The van der Waals surface area contributed by atoms with Gasteiger partial charge in [-0.3, -0.25) is 9.59 Å². The van der Waals surface area contributed by atoms with Gasteiger partial charge in [-0.25, -0.2) is 4.98 Å². The Balaban J connectivity index is 1.70. The molecule has 0 unspecified atom stereocenters. The molecule has 1 amide bonds. The fraction of sp³-hybridized carbons (Fsp3) is 0.538. The van der Waals surface area contributed by atoms with Gasteiger partial charge in [0, 0.05) is 43.2 Å². The van der Waals surface area contributed by atoms with Crippen molar-refractivity contribution in [3.63, 3.8) is 0 Å². The first kappa shape index (κ1) is 25.6. The number of aromatic amines is 1. The van der Waals surface area contributed by atoms with Crippen LogP contribution in [0.5, 0.6) is 0 Å². The van der Waals surface area contributed by atoms with Crippen LogP contribution >= 0.6 is 0 Å². The van der Waals surface area contributed by atoms with Crippen LogP contribution in [0.25, 0.3) is 5.57 Å². The molecule has 1 aromatic rings. The molecule has 184 valence electrons. The van der Waals surface area contributed by atoms with Gasteiger partial charge in [0.2, 0.25) is 5.91 Å². The van der Waals surface area contributed by atoms with Gasteiger partial charge in [-0.05, 0) is 50.9 Å². The number of nitrogens with one attached hydrogen (secondary N) is 5. The first-order valence-corrected chi connectivity index (χ1v) is 12.5. The van der Waals surface area contributed by atoms with Crippen LogP contribution in [0, 0.1) is 11.3 Å². The molecule has 0 spiro atoms. The topological polar surface area (TPSA) is 123 Å². The summed E-state index contributed by atoms with van der Waals surface area (Å²) in [5.74, 6) is 1.18. The van der Waals surface area contributed by atoms with E-state index in [1.54, 1.807) is 18.5 Å². The lowest BCUT2D eigenvalue weighted by molar-refractivity contribution is -0.126. The van der Waals surface area contributed by atoms with Gasteiger partial charge in [-0.1, -0.05) is 25.8 Å². The Morgan fingerprint density at radius 1 is 1.24 bits per heavy atom. The quantitative estimate of drug-likeness (QED) is 0.301. The van der Waals surface area contributed by atoms with Crippen LogP contribution < -0.4 is 16.0 Å². The van der Waals surface area contributed by atoms with Crippen molar-refractivity contribution in [1.82, 2.24) is 25.9 Å². The van der Waals surface area contributed by atoms with Crippen molar-refractivity contribution < 1.29 is 9.59 Å². The van der Waals surface area contributed by atoms with Crippen molar-refractivity contribution in [3.05, 3.63) is 47.7 Å². The van der Waals surface area contributed by atoms with Crippen LogP contribution in [0.4, 0.5) is 0 Å².